The van der Waals surface area contributed by atoms with Crippen LogP contribution in [-0.2, 0) is 9.53 Å². The van der Waals surface area contributed by atoms with Crippen LogP contribution in [0.25, 0.3) is 0 Å². The first kappa shape index (κ1) is 17.1. The van der Waals surface area contributed by atoms with E-state index in [0.717, 1.165) is 4.90 Å². The number of imide groups is 1. The van der Waals surface area contributed by atoms with Crippen LogP contribution >= 0.6 is 0 Å². The van der Waals surface area contributed by atoms with Gasteiger partial charge in [0.2, 0.25) is 5.91 Å². The lowest BCUT2D eigenvalue weighted by Gasteiger charge is -2.24. The van der Waals surface area contributed by atoms with Crippen LogP contribution in [0.15, 0.2) is 24.3 Å². The number of hydrogen-bond donors (Lipinski definition) is 1. The van der Waals surface area contributed by atoms with Crippen molar-refractivity contribution in [1.29, 1.82) is 0 Å². The van der Waals surface area contributed by atoms with Gasteiger partial charge in [-0.05, 0) is 18.6 Å². The molecular formula is C16H20N2O5. The van der Waals surface area contributed by atoms with Crippen molar-refractivity contribution in [3.05, 3.63) is 35.4 Å². The Morgan fingerprint density at radius 3 is 2.30 bits per heavy atom. The summed E-state index contributed by atoms with van der Waals surface area (Å²) in [4.78, 5) is 39.2. The molecule has 1 aliphatic rings. The molecule has 0 spiro atoms. The standard InChI is InChI=1S/C16H20N2O5/c1-23-10-4-7-17(8-9-19)14(20)11-18-15(21)12-5-2-3-6-13(12)16(18)22/h2-3,5-6,19H,4,7-11H2,1H3. The normalized spacial score (nSPS) is 13.4. The van der Waals surface area contributed by atoms with Gasteiger partial charge >= 0.3 is 0 Å². The number of rotatable bonds is 8. The van der Waals surface area contributed by atoms with Gasteiger partial charge in [-0.25, -0.2) is 0 Å². The summed E-state index contributed by atoms with van der Waals surface area (Å²) in [6, 6.07) is 6.50. The molecule has 0 atom stereocenters. The number of methoxy groups -OCH3 is 1. The minimum absolute atomic E-state index is 0.158. The summed E-state index contributed by atoms with van der Waals surface area (Å²) in [6.45, 7) is 0.546. The van der Waals surface area contributed by atoms with E-state index in [1.165, 1.54) is 4.90 Å². The van der Waals surface area contributed by atoms with Gasteiger partial charge in [0.1, 0.15) is 6.54 Å². The summed E-state index contributed by atoms with van der Waals surface area (Å²) in [7, 11) is 1.57. The third-order valence-corrected chi connectivity index (χ3v) is 3.67. The summed E-state index contributed by atoms with van der Waals surface area (Å²) >= 11 is 0. The highest BCUT2D eigenvalue weighted by Gasteiger charge is 2.36. The summed E-state index contributed by atoms with van der Waals surface area (Å²) in [5.74, 6) is -1.29. The van der Waals surface area contributed by atoms with Gasteiger partial charge < -0.3 is 14.7 Å². The van der Waals surface area contributed by atoms with Gasteiger partial charge in [-0.3, -0.25) is 19.3 Å². The van der Waals surface area contributed by atoms with Gasteiger partial charge in [0.15, 0.2) is 0 Å². The fourth-order valence-corrected chi connectivity index (χ4v) is 2.50. The Kier molecular flexibility index (Phi) is 5.84. The van der Waals surface area contributed by atoms with Gasteiger partial charge in [-0.15, -0.1) is 0 Å². The largest absolute Gasteiger partial charge is 0.395 e. The van der Waals surface area contributed by atoms with Gasteiger partial charge in [0.25, 0.3) is 11.8 Å². The number of carbonyl (C=O) groups excluding carboxylic acids is 3. The second-order valence-electron chi connectivity index (χ2n) is 5.19. The van der Waals surface area contributed by atoms with Crippen molar-refractivity contribution in [3.63, 3.8) is 0 Å². The zero-order chi connectivity index (χ0) is 16.8. The van der Waals surface area contributed by atoms with Crippen molar-refractivity contribution >= 4 is 17.7 Å². The lowest BCUT2D eigenvalue weighted by Crippen LogP contribution is -2.44. The smallest absolute Gasteiger partial charge is 0.262 e. The molecule has 0 saturated carbocycles. The molecule has 23 heavy (non-hydrogen) atoms. The maximum Gasteiger partial charge on any atom is 0.262 e. The Bertz CT molecular complexity index is 567. The van der Waals surface area contributed by atoms with Gasteiger partial charge in [-0.2, -0.15) is 0 Å². The number of benzene rings is 1. The number of nitrogens with zero attached hydrogens (tertiary/aromatic N) is 2. The Morgan fingerprint density at radius 1 is 1.17 bits per heavy atom. The van der Waals surface area contributed by atoms with E-state index in [2.05, 4.69) is 0 Å². The predicted molar refractivity (Wildman–Crippen MR) is 82.0 cm³/mol. The highest BCUT2D eigenvalue weighted by molar-refractivity contribution is 6.22. The third kappa shape index (κ3) is 3.75. The molecule has 0 radical (unpaired) electrons. The van der Waals surface area contributed by atoms with Crippen molar-refractivity contribution in [3.8, 4) is 0 Å². The molecule has 2 rings (SSSR count). The quantitative estimate of drug-likeness (QED) is 0.544. The zero-order valence-corrected chi connectivity index (χ0v) is 13.0. The molecule has 1 N–H and O–H groups in total. The molecule has 124 valence electrons. The Morgan fingerprint density at radius 2 is 1.78 bits per heavy atom. The number of amides is 3. The summed E-state index contributed by atoms with van der Waals surface area (Å²) in [5.41, 5.74) is 0.636. The topological polar surface area (TPSA) is 87.2 Å². The van der Waals surface area contributed by atoms with Crippen LogP contribution < -0.4 is 0 Å². The van der Waals surface area contributed by atoms with E-state index in [-0.39, 0.29) is 25.6 Å². The van der Waals surface area contributed by atoms with Crippen molar-refractivity contribution < 1.29 is 24.2 Å². The average Bonchev–Trinajstić information content (AvgIpc) is 2.79. The van der Waals surface area contributed by atoms with Crippen LogP contribution in [0.4, 0.5) is 0 Å². The first-order valence-electron chi connectivity index (χ1n) is 7.43. The maximum atomic E-state index is 12.4. The highest BCUT2D eigenvalue weighted by Crippen LogP contribution is 2.22. The van der Waals surface area contributed by atoms with E-state index in [4.69, 9.17) is 9.84 Å². The van der Waals surface area contributed by atoms with E-state index >= 15 is 0 Å². The van der Waals surface area contributed by atoms with Crippen molar-refractivity contribution in [2.24, 2.45) is 0 Å². The third-order valence-electron chi connectivity index (χ3n) is 3.67. The second kappa shape index (κ2) is 7.85. The van der Waals surface area contributed by atoms with Crippen LogP contribution in [0.1, 0.15) is 27.1 Å². The number of aliphatic hydroxyl groups excluding tert-OH is 1. The Hall–Kier alpha value is -2.25. The average molecular weight is 320 g/mol. The number of carbonyl (C=O) groups is 3. The predicted octanol–water partition coefficient (Wildman–Crippen LogP) is 0.140. The second-order valence-corrected chi connectivity index (χ2v) is 5.19. The zero-order valence-electron chi connectivity index (χ0n) is 13.0. The van der Waals surface area contributed by atoms with Crippen molar-refractivity contribution in [2.75, 3.05) is 40.0 Å². The van der Waals surface area contributed by atoms with Crippen LogP contribution in [0.3, 0.4) is 0 Å². The summed E-state index contributed by atoms with van der Waals surface area (Å²) < 4.78 is 4.94. The lowest BCUT2D eigenvalue weighted by atomic mass is 10.1. The minimum Gasteiger partial charge on any atom is -0.395 e. The molecule has 1 aromatic carbocycles. The number of ether oxygens (including phenoxy) is 1. The van der Waals surface area contributed by atoms with Gasteiger partial charge in [0, 0.05) is 26.8 Å². The molecule has 0 aromatic heterocycles. The fourth-order valence-electron chi connectivity index (χ4n) is 2.50. The molecule has 0 saturated heterocycles. The van der Waals surface area contributed by atoms with E-state index in [9.17, 15) is 14.4 Å². The Balaban J connectivity index is 2.04. The van der Waals surface area contributed by atoms with Crippen LogP contribution in [0, 0.1) is 0 Å². The molecular weight excluding hydrogens is 300 g/mol. The molecule has 1 aliphatic heterocycles. The van der Waals surface area contributed by atoms with Crippen LogP contribution in [0.5, 0.6) is 0 Å². The first-order chi connectivity index (χ1) is 11.1. The Labute approximate surface area is 134 Å². The van der Waals surface area contributed by atoms with E-state index in [0.29, 0.717) is 30.7 Å². The summed E-state index contributed by atoms with van der Waals surface area (Å²) in [6.07, 6.45) is 0.615. The van der Waals surface area contributed by atoms with E-state index < -0.39 is 11.8 Å². The van der Waals surface area contributed by atoms with Gasteiger partial charge in [-0.1, -0.05) is 12.1 Å². The fraction of sp³-hybridized carbons (Fsp3) is 0.438. The molecule has 0 aliphatic carbocycles. The number of fused-ring (bicyclic) bond motifs is 1. The lowest BCUT2D eigenvalue weighted by molar-refractivity contribution is -0.132. The monoisotopic (exact) mass is 320 g/mol. The molecule has 7 heteroatoms. The molecule has 0 unspecified atom stereocenters. The molecule has 0 bridgehead atoms. The number of aliphatic hydroxyl groups is 1. The van der Waals surface area contributed by atoms with Crippen LogP contribution in [-0.4, -0.2) is 72.6 Å². The maximum absolute atomic E-state index is 12.4. The molecule has 0 fully saturated rings. The van der Waals surface area contributed by atoms with Crippen molar-refractivity contribution in [2.45, 2.75) is 6.42 Å². The first-order valence-corrected chi connectivity index (χ1v) is 7.43. The molecule has 7 nitrogen and oxygen atoms in total. The van der Waals surface area contributed by atoms with Gasteiger partial charge in [0.05, 0.1) is 17.7 Å². The molecule has 1 heterocycles. The number of hydrogen-bond acceptors (Lipinski definition) is 5. The highest BCUT2D eigenvalue weighted by atomic mass is 16.5. The molecule has 3 amide bonds. The SMILES string of the molecule is COCCCN(CCO)C(=O)CN1C(=O)c2ccccc2C1=O. The van der Waals surface area contributed by atoms with Crippen LogP contribution in [0.2, 0.25) is 0 Å². The van der Waals surface area contributed by atoms with E-state index in [1.54, 1.807) is 31.4 Å². The molecule has 1 aromatic rings. The minimum atomic E-state index is -0.459. The van der Waals surface area contributed by atoms with E-state index in [1.807, 2.05) is 0 Å². The summed E-state index contributed by atoms with van der Waals surface area (Å²) in [5, 5.41) is 9.08. The van der Waals surface area contributed by atoms with Crippen molar-refractivity contribution in [1.82, 2.24) is 9.80 Å².